The smallest absolute Gasteiger partial charge is 0.0249 e. The molecule has 2 aromatic rings. The van der Waals surface area contributed by atoms with E-state index in [1.165, 1.54) is 137 Å². The topological polar surface area (TPSA) is 0 Å². The van der Waals surface area contributed by atoms with E-state index in [4.69, 9.17) is 0 Å². The normalized spacial score (nSPS) is 10.9. The second kappa shape index (κ2) is 25.4. The molecule has 0 fully saturated rings. The molecule has 0 saturated heterocycles. The number of hydrogen-bond acceptors (Lipinski definition) is 2. The van der Waals surface area contributed by atoms with Crippen molar-refractivity contribution in [2.75, 3.05) is 23.0 Å². The third-order valence-corrected chi connectivity index (χ3v) is 9.75. The summed E-state index contributed by atoms with van der Waals surface area (Å²) in [5, 5.41) is 0. The van der Waals surface area contributed by atoms with Crippen LogP contribution in [-0.2, 0) is 12.8 Å². The Morgan fingerprint density at radius 3 is 1.07 bits per heavy atom. The summed E-state index contributed by atoms with van der Waals surface area (Å²) in [5.74, 6) is 11.8. The maximum Gasteiger partial charge on any atom is 0.0249 e. The van der Waals surface area contributed by atoms with Gasteiger partial charge in [0.15, 0.2) is 0 Å². The van der Waals surface area contributed by atoms with Gasteiger partial charge in [-0.25, -0.2) is 0 Å². The monoisotopic (exact) mass is 578 g/mol. The SMILES string of the molecule is CCCCCCCCCCSCCc1ccc(C#Cc2ccc(CCSCCCCCCCCCC)cc2)cc1. The quantitative estimate of drug-likeness (QED) is 0.0897. The molecule has 0 aliphatic heterocycles. The summed E-state index contributed by atoms with van der Waals surface area (Å²) in [6.07, 6.45) is 24.9. The van der Waals surface area contributed by atoms with Crippen LogP contribution in [0, 0.1) is 11.8 Å². The number of rotatable bonds is 24. The molecule has 0 unspecified atom stereocenters. The Morgan fingerprint density at radius 1 is 0.400 bits per heavy atom. The van der Waals surface area contributed by atoms with Crippen LogP contribution in [0.25, 0.3) is 0 Å². The number of aryl methyl sites for hydroxylation is 2. The number of thioether (sulfide) groups is 2. The third-order valence-electron chi connectivity index (χ3n) is 7.61. The molecule has 40 heavy (non-hydrogen) atoms. The van der Waals surface area contributed by atoms with Crippen LogP contribution >= 0.6 is 23.5 Å². The van der Waals surface area contributed by atoms with Gasteiger partial charge in [-0.1, -0.05) is 140 Å². The molecular weight excluding hydrogens is 521 g/mol. The van der Waals surface area contributed by atoms with Crippen molar-refractivity contribution in [3.8, 4) is 11.8 Å². The fourth-order valence-corrected chi connectivity index (χ4v) is 6.90. The molecule has 0 N–H and O–H groups in total. The standard InChI is InChI=1S/C38H58S2/c1-3-5-7-9-11-13-15-17-31-39-33-29-37-25-21-35(22-26-37)19-20-36-23-27-38(28-24-36)30-34-40-32-18-16-14-12-10-8-6-4-2/h21-28H,3-18,29-34H2,1-2H3. The first-order valence-corrected chi connectivity index (χ1v) is 19.0. The molecule has 0 atom stereocenters. The number of hydrogen-bond donors (Lipinski definition) is 0. The minimum absolute atomic E-state index is 1.11. The van der Waals surface area contributed by atoms with E-state index in [9.17, 15) is 0 Å². The van der Waals surface area contributed by atoms with Crippen molar-refractivity contribution in [2.45, 2.75) is 129 Å². The molecule has 0 radical (unpaired) electrons. The zero-order valence-electron chi connectivity index (χ0n) is 26.0. The van der Waals surface area contributed by atoms with Crippen LogP contribution < -0.4 is 0 Å². The average Bonchev–Trinajstić information content (AvgIpc) is 2.99. The first-order chi connectivity index (χ1) is 19.8. The molecule has 0 aliphatic carbocycles. The summed E-state index contributed by atoms with van der Waals surface area (Å²) in [4.78, 5) is 0. The molecule has 2 heteroatoms. The molecule has 0 heterocycles. The summed E-state index contributed by atoms with van der Waals surface area (Å²) in [6, 6.07) is 17.8. The predicted octanol–water partition coefficient (Wildman–Crippen LogP) is 11.9. The molecule has 0 spiro atoms. The fourth-order valence-electron chi connectivity index (χ4n) is 4.91. The van der Waals surface area contributed by atoms with Gasteiger partial charge in [-0.05, 0) is 84.1 Å². The average molecular weight is 579 g/mol. The van der Waals surface area contributed by atoms with Gasteiger partial charge in [-0.3, -0.25) is 0 Å². The summed E-state index contributed by atoms with van der Waals surface area (Å²) in [5.41, 5.74) is 5.07. The third kappa shape index (κ3) is 18.9. The van der Waals surface area contributed by atoms with E-state index in [-0.39, 0.29) is 0 Å². The molecule has 2 aromatic carbocycles. The molecule has 0 nitrogen and oxygen atoms in total. The molecule has 222 valence electrons. The summed E-state index contributed by atoms with van der Waals surface area (Å²) in [7, 11) is 0. The van der Waals surface area contributed by atoms with Crippen LogP contribution in [0.15, 0.2) is 48.5 Å². The second-order valence-electron chi connectivity index (χ2n) is 11.3. The minimum atomic E-state index is 1.11. The van der Waals surface area contributed by atoms with Crippen LogP contribution in [0.3, 0.4) is 0 Å². The summed E-state index contributed by atoms with van der Waals surface area (Å²) < 4.78 is 0. The van der Waals surface area contributed by atoms with Crippen LogP contribution in [0.1, 0.15) is 139 Å². The predicted molar refractivity (Wildman–Crippen MR) is 186 cm³/mol. The second-order valence-corrected chi connectivity index (χ2v) is 13.8. The summed E-state index contributed by atoms with van der Waals surface area (Å²) >= 11 is 4.23. The van der Waals surface area contributed by atoms with Crippen molar-refractivity contribution in [3.63, 3.8) is 0 Å². The maximum absolute atomic E-state index is 3.35. The van der Waals surface area contributed by atoms with Gasteiger partial charge in [0.25, 0.3) is 0 Å². The van der Waals surface area contributed by atoms with E-state index >= 15 is 0 Å². The molecule has 0 bridgehead atoms. The molecule has 0 aromatic heterocycles. The van der Waals surface area contributed by atoms with Gasteiger partial charge in [0.05, 0.1) is 0 Å². The van der Waals surface area contributed by atoms with E-state index in [0.717, 1.165) is 24.0 Å². The fraction of sp³-hybridized carbons (Fsp3) is 0.632. The van der Waals surface area contributed by atoms with Crippen molar-refractivity contribution < 1.29 is 0 Å². The van der Waals surface area contributed by atoms with Crippen molar-refractivity contribution >= 4 is 23.5 Å². The van der Waals surface area contributed by atoms with E-state index in [1.54, 1.807) is 0 Å². The largest absolute Gasteiger partial charge is 0.162 e. The van der Waals surface area contributed by atoms with Gasteiger partial charge < -0.3 is 0 Å². The van der Waals surface area contributed by atoms with Gasteiger partial charge in [-0.15, -0.1) is 0 Å². The van der Waals surface area contributed by atoms with Crippen LogP contribution in [0.5, 0.6) is 0 Å². The van der Waals surface area contributed by atoms with Crippen LogP contribution in [0.4, 0.5) is 0 Å². The van der Waals surface area contributed by atoms with E-state index < -0.39 is 0 Å². The van der Waals surface area contributed by atoms with Gasteiger partial charge in [0.1, 0.15) is 0 Å². The lowest BCUT2D eigenvalue weighted by molar-refractivity contribution is 0.586. The van der Waals surface area contributed by atoms with Crippen LogP contribution in [0.2, 0.25) is 0 Å². The minimum Gasteiger partial charge on any atom is -0.162 e. The Morgan fingerprint density at radius 2 is 0.725 bits per heavy atom. The highest BCUT2D eigenvalue weighted by Crippen LogP contribution is 2.15. The first-order valence-electron chi connectivity index (χ1n) is 16.7. The number of unbranched alkanes of at least 4 members (excludes halogenated alkanes) is 14. The van der Waals surface area contributed by atoms with Crippen molar-refractivity contribution in [2.24, 2.45) is 0 Å². The van der Waals surface area contributed by atoms with Gasteiger partial charge in [0.2, 0.25) is 0 Å². The lowest BCUT2D eigenvalue weighted by atomic mass is 10.1. The van der Waals surface area contributed by atoms with Gasteiger partial charge in [-0.2, -0.15) is 23.5 Å². The van der Waals surface area contributed by atoms with Crippen molar-refractivity contribution in [3.05, 3.63) is 70.8 Å². The van der Waals surface area contributed by atoms with Gasteiger partial charge >= 0.3 is 0 Å². The van der Waals surface area contributed by atoms with E-state index in [2.05, 4.69) is 97.7 Å². The molecule has 2 rings (SSSR count). The zero-order valence-corrected chi connectivity index (χ0v) is 27.6. The highest BCUT2D eigenvalue weighted by molar-refractivity contribution is 7.99. The van der Waals surface area contributed by atoms with Crippen molar-refractivity contribution in [1.29, 1.82) is 0 Å². The molecule has 0 saturated carbocycles. The van der Waals surface area contributed by atoms with Crippen molar-refractivity contribution in [1.82, 2.24) is 0 Å². The Kier molecular flexibility index (Phi) is 22.2. The Hall–Kier alpha value is -1.30. The zero-order chi connectivity index (χ0) is 28.4. The molecule has 0 aliphatic rings. The highest BCUT2D eigenvalue weighted by Gasteiger charge is 1.98. The molecule has 0 amide bonds. The van der Waals surface area contributed by atoms with E-state index in [1.807, 2.05) is 0 Å². The first kappa shape index (κ1) is 34.9. The summed E-state index contributed by atoms with van der Waals surface area (Å²) in [6.45, 7) is 4.58. The highest BCUT2D eigenvalue weighted by atomic mass is 32.2. The maximum atomic E-state index is 3.35. The number of benzene rings is 2. The molecular formula is C38H58S2. The lowest BCUT2D eigenvalue weighted by Crippen LogP contribution is -1.91. The lowest BCUT2D eigenvalue weighted by Gasteiger charge is -2.04. The Balaban J connectivity index is 1.51. The van der Waals surface area contributed by atoms with E-state index in [0.29, 0.717) is 0 Å². The Bertz CT molecular complexity index is 814. The Labute approximate surface area is 257 Å². The van der Waals surface area contributed by atoms with Gasteiger partial charge in [0, 0.05) is 11.1 Å². The van der Waals surface area contributed by atoms with Crippen LogP contribution in [-0.4, -0.2) is 23.0 Å².